The first-order valence-electron chi connectivity index (χ1n) is 8.22. The summed E-state index contributed by atoms with van der Waals surface area (Å²) >= 11 is 0. The number of hydrogen-bond donors (Lipinski definition) is 1. The van der Waals surface area contributed by atoms with Gasteiger partial charge in [-0.1, -0.05) is 38.1 Å². The van der Waals surface area contributed by atoms with Crippen molar-refractivity contribution in [2.24, 2.45) is 0 Å². The minimum atomic E-state index is 0.569. The molecule has 0 spiro atoms. The molecule has 1 aromatic carbocycles. The number of ether oxygens (including phenoxy) is 1. The van der Waals surface area contributed by atoms with Gasteiger partial charge in [0.05, 0.1) is 6.61 Å². The van der Waals surface area contributed by atoms with E-state index in [9.17, 15) is 0 Å². The summed E-state index contributed by atoms with van der Waals surface area (Å²) in [6.07, 6.45) is 2.50. The highest BCUT2D eigenvalue weighted by molar-refractivity contribution is 5.21. The van der Waals surface area contributed by atoms with Crippen LogP contribution in [0.2, 0.25) is 0 Å². The van der Waals surface area contributed by atoms with Gasteiger partial charge in [-0.2, -0.15) is 0 Å². The monoisotopic (exact) mass is 292 g/mol. The molecule has 0 saturated heterocycles. The topological polar surface area (TPSA) is 24.5 Å². The molecule has 1 rings (SSSR count). The smallest absolute Gasteiger partial charge is 0.0713 e. The number of nitrogens with zero attached hydrogens (tertiary/aromatic N) is 1. The fourth-order valence-corrected chi connectivity index (χ4v) is 2.48. The molecule has 1 N–H and O–H groups in total. The van der Waals surface area contributed by atoms with Gasteiger partial charge in [0.1, 0.15) is 0 Å². The standard InChI is InChI=1S/C18H32N2O/c1-5-20(6-2)13-7-8-16(3)19-14-17-9-11-18(12-10-17)15-21-4/h9-12,16,19H,5-8,13-15H2,1-4H3. The Morgan fingerprint density at radius 2 is 1.71 bits per heavy atom. The van der Waals surface area contributed by atoms with E-state index in [-0.39, 0.29) is 0 Å². The van der Waals surface area contributed by atoms with Crippen molar-refractivity contribution in [3.05, 3.63) is 35.4 Å². The molecule has 0 aliphatic rings. The highest BCUT2D eigenvalue weighted by atomic mass is 16.5. The van der Waals surface area contributed by atoms with Gasteiger partial charge >= 0.3 is 0 Å². The first kappa shape index (κ1) is 18.1. The third-order valence-electron chi connectivity index (χ3n) is 3.99. The summed E-state index contributed by atoms with van der Waals surface area (Å²) in [7, 11) is 1.73. The molecule has 0 bridgehead atoms. The van der Waals surface area contributed by atoms with E-state index >= 15 is 0 Å². The molecular formula is C18H32N2O. The zero-order valence-corrected chi connectivity index (χ0v) is 14.2. The molecule has 21 heavy (non-hydrogen) atoms. The maximum Gasteiger partial charge on any atom is 0.0713 e. The Labute approximate surface area is 130 Å². The average molecular weight is 292 g/mol. The number of hydrogen-bond acceptors (Lipinski definition) is 3. The first-order valence-corrected chi connectivity index (χ1v) is 8.22. The van der Waals surface area contributed by atoms with Crippen LogP contribution in [-0.2, 0) is 17.9 Å². The van der Waals surface area contributed by atoms with Crippen LogP contribution in [-0.4, -0.2) is 37.7 Å². The van der Waals surface area contributed by atoms with Crippen molar-refractivity contribution in [2.75, 3.05) is 26.7 Å². The summed E-state index contributed by atoms with van der Waals surface area (Å²) in [5.74, 6) is 0. The summed E-state index contributed by atoms with van der Waals surface area (Å²) in [6.45, 7) is 11.9. The number of nitrogens with one attached hydrogen (secondary N) is 1. The number of methoxy groups -OCH3 is 1. The van der Waals surface area contributed by atoms with Crippen molar-refractivity contribution in [1.29, 1.82) is 0 Å². The van der Waals surface area contributed by atoms with Crippen molar-refractivity contribution in [1.82, 2.24) is 10.2 Å². The fourth-order valence-electron chi connectivity index (χ4n) is 2.48. The van der Waals surface area contributed by atoms with Gasteiger partial charge in [-0.3, -0.25) is 0 Å². The lowest BCUT2D eigenvalue weighted by Crippen LogP contribution is -2.28. The van der Waals surface area contributed by atoms with E-state index in [0.717, 1.165) is 19.6 Å². The highest BCUT2D eigenvalue weighted by Crippen LogP contribution is 2.06. The highest BCUT2D eigenvalue weighted by Gasteiger charge is 2.04. The molecule has 0 aromatic heterocycles. The molecule has 0 saturated carbocycles. The number of rotatable bonds is 11. The SMILES string of the molecule is CCN(CC)CCCC(C)NCc1ccc(COC)cc1. The van der Waals surface area contributed by atoms with E-state index in [4.69, 9.17) is 4.74 Å². The minimum Gasteiger partial charge on any atom is -0.380 e. The summed E-state index contributed by atoms with van der Waals surface area (Å²) in [6, 6.07) is 9.23. The fraction of sp³-hybridized carbons (Fsp3) is 0.667. The summed E-state index contributed by atoms with van der Waals surface area (Å²) in [5.41, 5.74) is 2.57. The van der Waals surface area contributed by atoms with Crippen LogP contribution < -0.4 is 5.32 Å². The van der Waals surface area contributed by atoms with Gasteiger partial charge in [0.15, 0.2) is 0 Å². The van der Waals surface area contributed by atoms with Crippen molar-refractivity contribution < 1.29 is 4.74 Å². The van der Waals surface area contributed by atoms with E-state index in [2.05, 4.69) is 55.3 Å². The summed E-state index contributed by atoms with van der Waals surface area (Å²) in [5, 5.41) is 3.61. The molecule has 0 heterocycles. The lowest BCUT2D eigenvalue weighted by Gasteiger charge is -2.19. The van der Waals surface area contributed by atoms with Gasteiger partial charge in [0.2, 0.25) is 0 Å². The average Bonchev–Trinajstić information content (AvgIpc) is 2.51. The van der Waals surface area contributed by atoms with E-state index in [1.54, 1.807) is 7.11 Å². The molecule has 0 aliphatic heterocycles. The van der Waals surface area contributed by atoms with E-state index < -0.39 is 0 Å². The molecular weight excluding hydrogens is 260 g/mol. The van der Waals surface area contributed by atoms with Crippen LogP contribution >= 0.6 is 0 Å². The molecule has 3 heteroatoms. The summed E-state index contributed by atoms with van der Waals surface area (Å²) < 4.78 is 5.13. The van der Waals surface area contributed by atoms with Crippen molar-refractivity contribution >= 4 is 0 Å². The van der Waals surface area contributed by atoms with Crippen LogP contribution in [0.15, 0.2) is 24.3 Å². The molecule has 1 atom stereocenters. The van der Waals surface area contributed by atoms with Crippen LogP contribution in [0.25, 0.3) is 0 Å². The zero-order chi connectivity index (χ0) is 15.5. The second-order valence-corrected chi connectivity index (χ2v) is 5.70. The molecule has 0 aliphatic carbocycles. The maximum absolute atomic E-state index is 5.13. The number of benzene rings is 1. The Morgan fingerprint density at radius 1 is 1.10 bits per heavy atom. The van der Waals surface area contributed by atoms with E-state index in [0.29, 0.717) is 12.6 Å². The lowest BCUT2D eigenvalue weighted by molar-refractivity contribution is 0.185. The molecule has 1 unspecified atom stereocenters. The Balaban J connectivity index is 2.21. The van der Waals surface area contributed by atoms with Crippen LogP contribution in [0.4, 0.5) is 0 Å². The maximum atomic E-state index is 5.13. The van der Waals surface area contributed by atoms with Crippen molar-refractivity contribution in [2.45, 2.75) is 52.8 Å². The lowest BCUT2D eigenvalue weighted by atomic mass is 10.1. The van der Waals surface area contributed by atoms with Gasteiger partial charge in [-0.15, -0.1) is 0 Å². The minimum absolute atomic E-state index is 0.569. The summed E-state index contributed by atoms with van der Waals surface area (Å²) in [4.78, 5) is 2.49. The van der Waals surface area contributed by atoms with Gasteiger partial charge in [0.25, 0.3) is 0 Å². The Bertz CT molecular complexity index is 360. The van der Waals surface area contributed by atoms with Gasteiger partial charge < -0.3 is 15.0 Å². The third-order valence-corrected chi connectivity index (χ3v) is 3.99. The van der Waals surface area contributed by atoms with E-state index in [1.807, 2.05) is 0 Å². The quantitative estimate of drug-likeness (QED) is 0.676. The largest absolute Gasteiger partial charge is 0.380 e. The van der Waals surface area contributed by atoms with Crippen LogP contribution in [0.5, 0.6) is 0 Å². The molecule has 0 fully saturated rings. The first-order chi connectivity index (χ1) is 10.2. The molecule has 1 aromatic rings. The van der Waals surface area contributed by atoms with Gasteiger partial charge in [0, 0.05) is 19.7 Å². The molecule has 3 nitrogen and oxygen atoms in total. The Hall–Kier alpha value is -0.900. The second kappa shape index (κ2) is 10.8. The predicted octanol–water partition coefficient (Wildman–Crippen LogP) is 3.43. The van der Waals surface area contributed by atoms with Crippen molar-refractivity contribution in [3.8, 4) is 0 Å². The Kier molecular flexibility index (Phi) is 9.31. The van der Waals surface area contributed by atoms with Crippen LogP contribution in [0, 0.1) is 0 Å². The second-order valence-electron chi connectivity index (χ2n) is 5.70. The van der Waals surface area contributed by atoms with Crippen molar-refractivity contribution in [3.63, 3.8) is 0 Å². The molecule has 120 valence electrons. The molecule has 0 radical (unpaired) electrons. The zero-order valence-electron chi connectivity index (χ0n) is 14.2. The Morgan fingerprint density at radius 3 is 2.29 bits per heavy atom. The van der Waals surface area contributed by atoms with Crippen LogP contribution in [0.3, 0.4) is 0 Å². The predicted molar refractivity (Wildman–Crippen MR) is 90.5 cm³/mol. The van der Waals surface area contributed by atoms with Crippen LogP contribution in [0.1, 0.15) is 44.7 Å². The van der Waals surface area contributed by atoms with Gasteiger partial charge in [-0.05, 0) is 50.5 Å². The normalized spacial score (nSPS) is 12.8. The van der Waals surface area contributed by atoms with Gasteiger partial charge in [-0.25, -0.2) is 0 Å². The third kappa shape index (κ3) is 7.60. The van der Waals surface area contributed by atoms with E-state index in [1.165, 1.54) is 30.5 Å². The molecule has 0 amide bonds.